The molecule has 2 atom stereocenters. The molecule has 1 aliphatic carbocycles. The van der Waals surface area contributed by atoms with E-state index < -0.39 is 0 Å². The number of hydrogen-bond donors (Lipinski definition) is 2. The van der Waals surface area contributed by atoms with Gasteiger partial charge in [-0.1, -0.05) is 23.7 Å². The normalized spacial score (nSPS) is 18.8. The fourth-order valence-electron chi connectivity index (χ4n) is 2.72. The first kappa shape index (κ1) is 16.5. The summed E-state index contributed by atoms with van der Waals surface area (Å²) in [4.78, 5) is 24.1. The number of benzene rings is 2. The van der Waals surface area contributed by atoms with Crippen LogP contribution >= 0.6 is 11.6 Å². The van der Waals surface area contributed by atoms with Gasteiger partial charge in [0.25, 0.3) is 5.91 Å². The van der Waals surface area contributed by atoms with E-state index in [4.69, 9.17) is 11.6 Å². The number of carbonyl (C=O) groups excluding carboxylic acids is 2. The lowest BCUT2D eigenvalue weighted by molar-refractivity contribution is -0.117. The van der Waals surface area contributed by atoms with Crippen LogP contribution in [-0.2, 0) is 4.79 Å². The first-order valence-corrected chi connectivity index (χ1v) is 7.95. The smallest absolute Gasteiger partial charge is 0.251 e. The van der Waals surface area contributed by atoms with E-state index in [1.807, 2.05) is 6.07 Å². The molecule has 0 heterocycles. The lowest BCUT2D eigenvalue weighted by atomic mass is 10.1. The molecular formula is C18H16ClFN2O2. The highest BCUT2D eigenvalue weighted by Crippen LogP contribution is 2.48. The van der Waals surface area contributed by atoms with Gasteiger partial charge in [0.1, 0.15) is 5.82 Å². The Kier molecular flexibility index (Phi) is 4.53. The van der Waals surface area contributed by atoms with Crippen LogP contribution in [0.1, 0.15) is 28.3 Å². The van der Waals surface area contributed by atoms with Crippen molar-refractivity contribution < 1.29 is 14.0 Å². The Morgan fingerprint density at radius 3 is 2.71 bits per heavy atom. The first-order valence-electron chi connectivity index (χ1n) is 7.57. The summed E-state index contributed by atoms with van der Waals surface area (Å²) in [7, 11) is 1.53. The number of anilines is 1. The molecule has 2 unspecified atom stereocenters. The molecular weight excluding hydrogens is 331 g/mol. The molecule has 0 bridgehead atoms. The molecule has 1 aliphatic rings. The van der Waals surface area contributed by atoms with E-state index in [0.29, 0.717) is 22.7 Å². The summed E-state index contributed by atoms with van der Waals surface area (Å²) in [6.45, 7) is 0. The van der Waals surface area contributed by atoms with Gasteiger partial charge in [-0.15, -0.1) is 0 Å². The Labute approximate surface area is 144 Å². The first-order chi connectivity index (χ1) is 11.5. The highest BCUT2D eigenvalue weighted by atomic mass is 35.5. The lowest BCUT2D eigenvalue weighted by Gasteiger charge is -2.09. The second kappa shape index (κ2) is 6.61. The van der Waals surface area contributed by atoms with Gasteiger partial charge in [0.2, 0.25) is 5.91 Å². The van der Waals surface area contributed by atoms with E-state index >= 15 is 0 Å². The van der Waals surface area contributed by atoms with Crippen molar-refractivity contribution in [2.75, 3.05) is 12.4 Å². The van der Waals surface area contributed by atoms with E-state index in [0.717, 1.165) is 5.56 Å². The van der Waals surface area contributed by atoms with Crippen molar-refractivity contribution in [1.82, 2.24) is 5.32 Å². The number of halogens is 2. The van der Waals surface area contributed by atoms with Crippen LogP contribution in [0.5, 0.6) is 0 Å². The molecule has 6 heteroatoms. The van der Waals surface area contributed by atoms with Crippen molar-refractivity contribution in [3.05, 3.63) is 64.4 Å². The van der Waals surface area contributed by atoms with Crippen molar-refractivity contribution in [2.45, 2.75) is 12.3 Å². The number of rotatable bonds is 4. The molecule has 0 aliphatic heterocycles. The van der Waals surface area contributed by atoms with Crippen LogP contribution in [0, 0.1) is 11.7 Å². The molecule has 0 aromatic heterocycles. The highest BCUT2D eigenvalue weighted by Gasteiger charge is 2.44. The molecule has 1 saturated carbocycles. The number of amides is 2. The van der Waals surface area contributed by atoms with Crippen LogP contribution in [-0.4, -0.2) is 18.9 Å². The van der Waals surface area contributed by atoms with E-state index in [9.17, 15) is 14.0 Å². The summed E-state index contributed by atoms with van der Waals surface area (Å²) >= 11 is 6.09. The molecule has 2 N–H and O–H groups in total. The molecule has 1 fully saturated rings. The quantitative estimate of drug-likeness (QED) is 0.889. The third kappa shape index (κ3) is 3.41. The van der Waals surface area contributed by atoms with Crippen LogP contribution in [0.2, 0.25) is 5.02 Å². The van der Waals surface area contributed by atoms with Crippen molar-refractivity contribution in [1.29, 1.82) is 0 Å². The van der Waals surface area contributed by atoms with Gasteiger partial charge in [-0.25, -0.2) is 4.39 Å². The zero-order chi connectivity index (χ0) is 17.3. The average Bonchev–Trinajstić information content (AvgIpc) is 3.37. The Hall–Kier alpha value is -2.40. The van der Waals surface area contributed by atoms with Crippen LogP contribution in [0.3, 0.4) is 0 Å². The molecule has 3 rings (SSSR count). The molecule has 24 heavy (non-hydrogen) atoms. The fraction of sp³-hybridized carbons (Fsp3) is 0.222. The van der Waals surface area contributed by atoms with Crippen LogP contribution in [0.25, 0.3) is 0 Å². The summed E-state index contributed by atoms with van der Waals surface area (Å²) in [6.07, 6.45) is 0.669. The topological polar surface area (TPSA) is 58.2 Å². The Bertz CT molecular complexity index is 809. The maximum absolute atomic E-state index is 13.3. The predicted molar refractivity (Wildman–Crippen MR) is 90.7 cm³/mol. The standard InChI is InChI=1S/C18H16ClFN2O2/c1-21-17(23)11-5-6-15(19)16(8-11)22-18(24)14-9-13(14)10-3-2-4-12(20)7-10/h2-8,13-14H,9H2,1H3,(H,21,23)(H,22,24). The molecule has 124 valence electrons. The maximum atomic E-state index is 13.3. The zero-order valence-corrected chi connectivity index (χ0v) is 13.7. The summed E-state index contributed by atoms with van der Waals surface area (Å²) in [5.41, 5.74) is 1.63. The molecule has 2 aromatic rings. The summed E-state index contributed by atoms with van der Waals surface area (Å²) < 4.78 is 13.3. The largest absolute Gasteiger partial charge is 0.355 e. The van der Waals surface area contributed by atoms with Crippen molar-refractivity contribution >= 4 is 29.1 Å². The average molecular weight is 347 g/mol. The second-order valence-electron chi connectivity index (χ2n) is 5.77. The SMILES string of the molecule is CNC(=O)c1ccc(Cl)c(NC(=O)C2CC2c2cccc(F)c2)c1. The van der Waals surface area contributed by atoms with Crippen molar-refractivity contribution in [3.8, 4) is 0 Å². The Balaban J connectivity index is 1.71. The second-order valence-corrected chi connectivity index (χ2v) is 6.17. The molecule has 2 aromatic carbocycles. The van der Waals surface area contributed by atoms with E-state index in [2.05, 4.69) is 10.6 Å². The van der Waals surface area contributed by atoms with Gasteiger partial charge in [-0.2, -0.15) is 0 Å². The summed E-state index contributed by atoms with van der Waals surface area (Å²) in [6, 6.07) is 11.0. The molecule has 2 amide bonds. The lowest BCUT2D eigenvalue weighted by Crippen LogP contribution is -2.19. The van der Waals surface area contributed by atoms with Gasteiger partial charge in [-0.3, -0.25) is 9.59 Å². The highest BCUT2D eigenvalue weighted by molar-refractivity contribution is 6.34. The van der Waals surface area contributed by atoms with E-state index in [1.165, 1.54) is 19.2 Å². The predicted octanol–water partition coefficient (Wildman–Crippen LogP) is 3.58. The molecule has 0 spiro atoms. The van der Waals surface area contributed by atoms with Crippen molar-refractivity contribution in [2.24, 2.45) is 5.92 Å². The van der Waals surface area contributed by atoms with Crippen LogP contribution < -0.4 is 10.6 Å². The minimum Gasteiger partial charge on any atom is -0.355 e. The molecule has 0 radical (unpaired) electrons. The monoisotopic (exact) mass is 346 g/mol. The van der Waals surface area contributed by atoms with Gasteiger partial charge in [0, 0.05) is 18.5 Å². The zero-order valence-electron chi connectivity index (χ0n) is 13.0. The Morgan fingerprint density at radius 2 is 2.00 bits per heavy atom. The minimum absolute atomic E-state index is 0.0154. The van der Waals surface area contributed by atoms with E-state index in [1.54, 1.807) is 24.3 Å². The third-order valence-corrected chi connectivity index (χ3v) is 4.45. The maximum Gasteiger partial charge on any atom is 0.251 e. The fourth-order valence-corrected chi connectivity index (χ4v) is 2.89. The van der Waals surface area contributed by atoms with Gasteiger partial charge in [0.15, 0.2) is 0 Å². The Morgan fingerprint density at radius 1 is 1.21 bits per heavy atom. The minimum atomic E-state index is -0.306. The molecule has 4 nitrogen and oxygen atoms in total. The van der Waals surface area contributed by atoms with Gasteiger partial charge in [0.05, 0.1) is 10.7 Å². The summed E-state index contributed by atoms with van der Waals surface area (Å²) in [5.74, 6) is -0.945. The van der Waals surface area contributed by atoms with Crippen LogP contribution in [0.15, 0.2) is 42.5 Å². The summed E-state index contributed by atoms with van der Waals surface area (Å²) in [5, 5.41) is 5.64. The van der Waals surface area contributed by atoms with Crippen molar-refractivity contribution in [3.63, 3.8) is 0 Å². The van der Waals surface area contributed by atoms with Gasteiger partial charge >= 0.3 is 0 Å². The van der Waals surface area contributed by atoms with Gasteiger partial charge in [-0.05, 0) is 48.2 Å². The van der Waals surface area contributed by atoms with Crippen LogP contribution in [0.4, 0.5) is 10.1 Å². The third-order valence-electron chi connectivity index (χ3n) is 4.12. The van der Waals surface area contributed by atoms with Gasteiger partial charge < -0.3 is 10.6 Å². The number of hydrogen-bond acceptors (Lipinski definition) is 2. The van der Waals surface area contributed by atoms with E-state index in [-0.39, 0.29) is 29.5 Å². The number of carbonyl (C=O) groups is 2. The molecule has 0 saturated heterocycles. The number of nitrogens with one attached hydrogen (secondary N) is 2.